The van der Waals surface area contributed by atoms with Crippen LogP contribution in [0.1, 0.15) is 45.7 Å². The van der Waals surface area contributed by atoms with Gasteiger partial charge in [0, 0.05) is 36.6 Å². The molecule has 3 aromatic rings. The summed E-state index contributed by atoms with van der Waals surface area (Å²) in [6.07, 6.45) is 0.914. The Morgan fingerprint density at radius 3 is 2.37 bits per heavy atom. The lowest BCUT2D eigenvalue weighted by Crippen LogP contribution is -2.35. The molecule has 0 aromatic heterocycles. The van der Waals surface area contributed by atoms with Crippen LogP contribution in [0.5, 0.6) is 11.5 Å². The van der Waals surface area contributed by atoms with E-state index in [1.165, 1.54) is 18.2 Å². The number of methoxy groups -OCH3 is 2. The first-order valence-corrected chi connectivity index (χ1v) is 11.7. The number of anilines is 2. The van der Waals surface area contributed by atoms with Crippen LogP contribution in [0.2, 0.25) is 0 Å². The molecule has 0 radical (unpaired) electrons. The number of amides is 2. The van der Waals surface area contributed by atoms with E-state index in [1.807, 2.05) is 32.0 Å². The Bertz CT molecular complexity index is 1240. The number of carbonyl (C=O) groups is 2. The first-order valence-electron chi connectivity index (χ1n) is 11.7. The van der Waals surface area contributed by atoms with Crippen LogP contribution in [-0.4, -0.2) is 38.6 Å². The minimum absolute atomic E-state index is 0.0146. The van der Waals surface area contributed by atoms with Gasteiger partial charge in [0.05, 0.1) is 25.3 Å². The van der Waals surface area contributed by atoms with Crippen LogP contribution in [0.3, 0.4) is 0 Å². The van der Waals surface area contributed by atoms with Crippen molar-refractivity contribution in [1.82, 2.24) is 5.32 Å². The van der Waals surface area contributed by atoms with E-state index < -0.39 is 0 Å². The highest BCUT2D eigenvalue weighted by molar-refractivity contribution is 6.08. The lowest BCUT2D eigenvalue weighted by Gasteiger charge is -2.32. The molecule has 3 aromatic carbocycles. The van der Waals surface area contributed by atoms with Crippen molar-refractivity contribution in [2.45, 2.75) is 32.9 Å². The second-order valence-corrected chi connectivity index (χ2v) is 8.82. The molecule has 0 unspecified atom stereocenters. The summed E-state index contributed by atoms with van der Waals surface area (Å²) in [4.78, 5) is 28.4. The minimum Gasteiger partial charge on any atom is -0.497 e. The third kappa shape index (κ3) is 5.40. The molecule has 0 aliphatic carbocycles. The Morgan fingerprint density at radius 1 is 0.886 bits per heavy atom. The van der Waals surface area contributed by atoms with Crippen LogP contribution in [0.15, 0.2) is 60.7 Å². The number of hydrogen-bond donors (Lipinski definition) is 2. The lowest BCUT2D eigenvalue weighted by atomic mass is 9.98. The number of hydrogen-bond acceptors (Lipinski definition) is 5. The van der Waals surface area contributed by atoms with Crippen molar-refractivity contribution in [2.75, 3.05) is 31.0 Å². The van der Waals surface area contributed by atoms with E-state index in [2.05, 4.69) is 33.7 Å². The van der Waals surface area contributed by atoms with Gasteiger partial charge in [-0.15, -0.1) is 0 Å². The maximum atomic E-state index is 13.2. The number of rotatable bonds is 7. The molecule has 0 saturated heterocycles. The third-order valence-corrected chi connectivity index (χ3v) is 6.04. The topological polar surface area (TPSA) is 79.9 Å². The molecule has 1 aliphatic heterocycles. The molecule has 182 valence electrons. The monoisotopic (exact) mass is 473 g/mol. The van der Waals surface area contributed by atoms with E-state index in [0.717, 1.165) is 25.2 Å². The summed E-state index contributed by atoms with van der Waals surface area (Å²) in [5, 5.41) is 5.90. The molecule has 2 N–H and O–H groups in total. The average Bonchev–Trinajstić information content (AvgIpc) is 2.87. The van der Waals surface area contributed by atoms with Gasteiger partial charge in [0.1, 0.15) is 11.5 Å². The molecule has 0 atom stereocenters. The fourth-order valence-electron chi connectivity index (χ4n) is 4.30. The van der Waals surface area contributed by atoms with Gasteiger partial charge in [0.15, 0.2) is 0 Å². The van der Waals surface area contributed by atoms with E-state index in [1.54, 1.807) is 31.4 Å². The van der Waals surface area contributed by atoms with Gasteiger partial charge in [-0.25, -0.2) is 0 Å². The quantitative estimate of drug-likeness (QED) is 0.522. The lowest BCUT2D eigenvalue weighted by molar-refractivity contribution is 0.0942. The van der Waals surface area contributed by atoms with Crippen LogP contribution in [0, 0.1) is 0 Å². The molecule has 0 saturated carbocycles. The second kappa shape index (κ2) is 10.5. The average molecular weight is 474 g/mol. The number of nitrogens with zero attached hydrogens (tertiary/aromatic N) is 1. The molecule has 1 aliphatic rings. The molecule has 0 spiro atoms. The molecular weight excluding hydrogens is 442 g/mol. The molecule has 7 nitrogen and oxygen atoms in total. The number of ether oxygens (including phenoxy) is 2. The fourth-order valence-corrected chi connectivity index (χ4v) is 4.30. The van der Waals surface area contributed by atoms with Crippen LogP contribution in [-0.2, 0) is 13.0 Å². The van der Waals surface area contributed by atoms with E-state index in [0.29, 0.717) is 28.3 Å². The zero-order valence-electron chi connectivity index (χ0n) is 20.6. The van der Waals surface area contributed by atoms with Crippen LogP contribution in [0.25, 0.3) is 0 Å². The van der Waals surface area contributed by atoms with Crippen molar-refractivity contribution in [3.63, 3.8) is 0 Å². The summed E-state index contributed by atoms with van der Waals surface area (Å²) in [7, 11) is 3.06. The smallest absolute Gasteiger partial charge is 0.259 e. The Hall–Kier alpha value is -4.00. The van der Waals surface area contributed by atoms with Gasteiger partial charge < -0.3 is 25.0 Å². The Morgan fingerprint density at radius 2 is 1.66 bits per heavy atom. The second-order valence-electron chi connectivity index (χ2n) is 8.82. The van der Waals surface area contributed by atoms with E-state index in [9.17, 15) is 9.59 Å². The maximum absolute atomic E-state index is 13.2. The summed E-state index contributed by atoms with van der Waals surface area (Å²) in [5.74, 6) is 0.494. The summed E-state index contributed by atoms with van der Waals surface area (Å²) in [6, 6.07) is 18.9. The highest BCUT2D eigenvalue weighted by Gasteiger charge is 2.23. The molecule has 4 rings (SSSR count). The van der Waals surface area contributed by atoms with Crippen molar-refractivity contribution in [1.29, 1.82) is 0 Å². The molecule has 2 amide bonds. The fraction of sp³-hybridized carbons (Fsp3) is 0.286. The number of fused-ring (bicyclic) bond motifs is 1. The van der Waals surface area contributed by atoms with Crippen LogP contribution < -0.4 is 25.0 Å². The normalized spacial score (nSPS) is 12.7. The van der Waals surface area contributed by atoms with Crippen molar-refractivity contribution in [2.24, 2.45) is 0 Å². The summed E-state index contributed by atoms with van der Waals surface area (Å²) < 4.78 is 10.6. The molecule has 0 fully saturated rings. The molecule has 0 bridgehead atoms. The Balaban J connectivity index is 1.64. The first-order chi connectivity index (χ1) is 16.9. The molecule has 35 heavy (non-hydrogen) atoms. The molecule has 1 heterocycles. The van der Waals surface area contributed by atoms with Crippen molar-refractivity contribution in [3.8, 4) is 11.5 Å². The maximum Gasteiger partial charge on any atom is 0.259 e. The third-order valence-electron chi connectivity index (χ3n) is 6.04. The summed E-state index contributed by atoms with van der Waals surface area (Å²) in [6.45, 7) is 5.40. The molecule has 7 heteroatoms. The van der Waals surface area contributed by atoms with Gasteiger partial charge in [-0.1, -0.05) is 24.3 Å². The van der Waals surface area contributed by atoms with Crippen molar-refractivity contribution in [3.05, 3.63) is 82.9 Å². The van der Waals surface area contributed by atoms with Crippen LogP contribution >= 0.6 is 0 Å². The van der Waals surface area contributed by atoms with Gasteiger partial charge in [0.2, 0.25) is 0 Å². The SMILES string of the molecule is COc1ccc(C(=O)Nc2ccc(N3CCc4ccccc4C3)c(C(=O)NC(C)C)c2)c(OC)c1. The van der Waals surface area contributed by atoms with Gasteiger partial charge in [-0.2, -0.15) is 0 Å². The van der Waals surface area contributed by atoms with Crippen LogP contribution in [0.4, 0.5) is 11.4 Å². The predicted octanol–water partition coefficient (Wildman–Crippen LogP) is 4.66. The zero-order chi connectivity index (χ0) is 24.9. The minimum atomic E-state index is -0.334. The van der Waals surface area contributed by atoms with E-state index in [-0.39, 0.29) is 17.9 Å². The predicted molar refractivity (Wildman–Crippen MR) is 138 cm³/mol. The standard InChI is InChI=1S/C28H31N3O4/c1-18(2)29-28(33)24-15-21(30-27(32)23-11-10-22(34-3)16-26(23)35-4)9-12-25(24)31-14-13-19-7-5-6-8-20(19)17-31/h5-12,15-16,18H,13-14,17H2,1-4H3,(H,29,33)(H,30,32). The first kappa shape index (κ1) is 24.1. The highest BCUT2D eigenvalue weighted by Crippen LogP contribution is 2.31. The Labute approximate surface area is 206 Å². The van der Waals surface area contributed by atoms with Gasteiger partial charge in [-0.05, 0) is 61.7 Å². The summed E-state index contributed by atoms with van der Waals surface area (Å²) >= 11 is 0. The largest absolute Gasteiger partial charge is 0.497 e. The summed E-state index contributed by atoms with van der Waals surface area (Å²) in [5.41, 5.74) is 4.88. The van der Waals surface area contributed by atoms with Crippen molar-refractivity contribution < 1.29 is 19.1 Å². The zero-order valence-corrected chi connectivity index (χ0v) is 20.6. The number of benzene rings is 3. The van der Waals surface area contributed by atoms with E-state index >= 15 is 0 Å². The Kier molecular flexibility index (Phi) is 7.25. The number of nitrogens with one attached hydrogen (secondary N) is 2. The highest BCUT2D eigenvalue weighted by atomic mass is 16.5. The van der Waals surface area contributed by atoms with Gasteiger partial charge in [-0.3, -0.25) is 9.59 Å². The molecular formula is C28H31N3O4. The van der Waals surface area contributed by atoms with Gasteiger partial charge >= 0.3 is 0 Å². The van der Waals surface area contributed by atoms with E-state index in [4.69, 9.17) is 9.47 Å². The number of carbonyl (C=O) groups excluding carboxylic acids is 2. The van der Waals surface area contributed by atoms with Crippen molar-refractivity contribution >= 4 is 23.2 Å². The van der Waals surface area contributed by atoms with Gasteiger partial charge in [0.25, 0.3) is 11.8 Å².